The lowest BCUT2D eigenvalue weighted by Crippen LogP contribution is -2.20. The molecule has 0 unspecified atom stereocenters. The van der Waals surface area contributed by atoms with Crippen molar-refractivity contribution in [2.75, 3.05) is 18.0 Å². The number of aryl methyl sites for hydroxylation is 2. The van der Waals surface area contributed by atoms with Gasteiger partial charge in [-0.15, -0.1) is 0 Å². The lowest BCUT2D eigenvalue weighted by molar-refractivity contribution is -0.129. The number of benzene rings is 1. The number of cyclic esters (lactones) is 1. The minimum absolute atomic E-state index is 0.261. The second-order valence-electron chi connectivity index (χ2n) is 6.72. The molecule has 0 bridgehead atoms. The Bertz CT molecular complexity index is 890. The third-order valence-electron chi connectivity index (χ3n) is 4.44. The first kappa shape index (κ1) is 16.4. The fourth-order valence-electron chi connectivity index (χ4n) is 3.27. The van der Waals surface area contributed by atoms with Gasteiger partial charge in [-0.1, -0.05) is 17.2 Å². The highest BCUT2D eigenvalue weighted by atomic mass is 16.6. The zero-order valence-corrected chi connectivity index (χ0v) is 14.9. The lowest BCUT2D eigenvalue weighted by Gasteiger charge is -2.14. The van der Waals surface area contributed by atoms with Gasteiger partial charge in [0, 0.05) is 36.6 Å². The van der Waals surface area contributed by atoms with E-state index in [0.717, 1.165) is 41.3 Å². The van der Waals surface area contributed by atoms with Crippen LogP contribution in [0, 0.1) is 13.8 Å². The smallest absolute Gasteiger partial charge is 0.363 e. The molecule has 0 spiro atoms. The van der Waals surface area contributed by atoms with Crippen LogP contribution in [0.15, 0.2) is 41.3 Å². The van der Waals surface area contributed by atoms with E-state index in [2.05, 4.69) is 25.9 Å². The summed E-state index contributed by atoms with van der Waals surface area (Å²) in [5.41, 5.74) is 3.99. The molecule has 1 aromatic heterocycles. The van der Waals surface area contributed by atoms with Gasteiger partial charge in [0.05, 0.1) is 0 Å². The minimum atomic E-state index is -0.456. The molecule has 2 aliphatic rings. The number of hydrogen-bond acceptors (Lipinski definition) is 6. The third kappa shape index (κ3) is 3.35. The summed E-state index contributed by atoms with van der Waals surface area (Å²) in [7, 11) is 0. The Morgan fingerprint density at radius 1 is 1.04 bits per heavy atom. The van der Waals surface area contributed by atoms with E-state index in [1.54, 1.807) is 18.5 Å². The van der Waals surface area contributed by atoms with Crippen LogP contribution in [-0.2, 0) is 9.53 Å². The fourth-order valence-corrected chi connectivity index (χ4v) is 3.27. The molecule has 0 N–H and O–H groups in total. The number of esters is 1. The molecule has 1 fully saturated rings. The Hall–Kier alpha value is -3.02. The summed E-state index contributed by atoms with van der Waals surface area (Å²) >= 11 is 0. The fraction of sp³-hybridized carbons (Fsp3) is 0.300. The Morgan fingerprint density at radius 3 is 2.35 bits per heavy atom. The van der Waals surface area contributed by atoms with Crippen LogP contribution < -0.4 is 4.90 Å². The maximum Gasteiger partial charge on any atom is 0.363 e. The van der Waals surface area contributed by atoms with E-state index in [-0.39, 0.29) is 5.70 Å². The van der Waals surface area contributed by atoms with Gasteiger partial charge in [-0.3, -0.25) is 0 Å². The predicted molar refractivity (Wildman–Crippen MR) is 100 cm³/mol. The number of anilines is 1. The van der Waals surface area contributed by atoms with Gasteiger partial charge in [-0.25, -0.2) is 19.8 Å². The van der Waals surface area contributed by atoms with Gasteiger partial charge >= 0.3 is 5.97 Å². The quantitative estimate of drug-likeness (QED) is 0.630. The molecule has 2 aliphatic heterocycles. The molecule has 1 saturated heterocycles. The number of carbonyl (C=O) groups is 1. The number of rotatable bonds is 3. The predicted octanol–water partition coefficient (Wildman–Crippen LogP) is 3.04. The van der Waals surface area contributed by atoms with Crippen LogP contribution in [0.3, 0.4) is 0 Å². The van der Waals surface area contributed by atoms with Crippen LogP contribution in [0.25, 0.3) is 6.08 Å². The summed E-state index contributed by atoms with van der Waals surface area (Å²) in [6.45, 7) is 6.00. The van der Waals surface area contributed by atoms with Gasteiger partial charge < -0.3 is 9.64 Å². The van der Waals surface area contributed by atoms with Crippen LogP contribution >= 0.6 is 0 Å². The average molecular weight is 348 g/mol. The van der Waals surface area contributed by atoms with Crippen molar-refractivity contribution in [1.82, 2.24) is 9.97 Å². The maximum atomic E-state index is 12.2. The minimum Gasteiger partial charge on any atom is -0.402 e. The molecule has 3 heterocycles. The van der Waals surface area contributed by atoms with E-state index in [1.165, 1.54) is 12.8 Å². The Labute approximate surface area is 152 Å². The highest BCUT2D eigenvalue weighted by Crippen LogP contribution is 2.21. The Morgan fingerprint density at radius 2 is 1.69 bits per heavy atom. The van der Waals surface area contributed by atoms with E-state index in [0.29, 0.717) is 5.90 Å². The summed E-state index contributed by atoms with van der Waals surface area (Å²) < 4.78 is 5.34. The molecule has 132 valence electrons. The number of hydrogen-bond donors (Lipinski definition) is 0. The highest BCUT2D eigenvalue weighted by molar-refractivity contribution is 6.12. The third-order valence-corrected chi connectivity index (χ3v) is 4.44. The van der Waals surface area contributed by atoms with E-state index < -0.39 is 5.97 Å². The van der Waals surface area contributed by atoms with Gasteiger partial charge in [0.25, 0.3) is 0 Å². The highest BCUT2D eigenvalue weighted by Gasteiger charge is 2.24. The molecular formula is C20H20N4O2. The van der Waals surface area contributed by atoms with Crippen molar-refractivity contribution < 1.29 is 9.53 Å². The first-order chi connectivity index (χ1) is 12.6. The largest absolute Gasteiger partial charge is 0.402 e. The lowest BCUT2D eigenvalue weighted by atomic mass is 10.1. The van der Waals surface area contributed by atoms with Gasteiger partial charge in [-0.2, -0.15) is 0 Å². The first-order valence-electron chi connectivity index (χ1n) is 8.77. The Kier molecular flexibility index (Phi) is 4.24. The van der Waals surface area contributed by atoms with Crippen molar-refractivity contribution in [1.29, 1.82) is 0 Å². The molecule has 2 aromatic rings. The SMILES string of the molecule is Cc1cc(C)cc(C2=NC(=Cc3cnc(N4CCCC4)nc3)C(=O)O2)c1. The van der Waals surface area contributed by atoms with E-state index in [4.69, 9.17) is 4.74 Å². The summed E-state index contributed by atoms with van der Waals surface area (Å²) in [6, 6.07) is 5.98. The first-order valence-corrected chi connectivity index (χ1v) is 8.77. The summed E-state index contributed by atoms with van der Waals surface area (Å²) in [5.74, 6) is 0.614. The zero-order chi connectivity index (χ0) is 18.1. The summed E-state index contributed by atoms with van der Waals surface area (Å²) in [5, 5.41) is 0. The van der Waals surface area contributed by atoms with Crippen LogP contribution in [-0.4, -0.2) is 34.9 Å². The molecule has 0 aliphatic carbocycles. The molecule has 6 nitrogen and oxygen atoms in total. The van der Waals surface area contributed by atoms with Crippen LogP contribution in [0.2, 0.25) is 0 Å². The topological polar surface area (TPSA) is 67.7 Å². The molecule has 6 heteroatoms. The van der Waals surface area contributed by atoms with Gasteiger partial charge in [0.1, 0.15) is 0 Å². The molecule has 4 rings (SSSR count). The number of nitrogens with zero attached hydrogens (tertiary/aromatic N) is 4. The van der Waals surface area contributed by atoms with Crippen molar-refractivity contribution in [3.05, 3.63) is 58.5 Å². The van der Waals surface area contributed by atoms with Crippen molar-refractivity contribution in [3.8, 4) is 0 Å². The van der Waals surface area contributed by atoms with E-state index in [9.17, 15) is 4.79 Å². The molecule has 0 atom stereocenters. The van der Waals surface area contributed by atoms with Gasteiger partial charge in [-0.05, 0) is 44.9 Å². The van der Waals surface area contributed by atoms with Crippen molar-refractivity contribution >= 4 is 23.9 Å². The summed E-state index contributed by atoms with van der Waals surface area (Å²) in [6.07, 6.45) is 7.44. The number of carbonyl (C=O) groups excluding carboxylic acids is 1. The second-order valence-corrected chi connectivity index (χ2v) is 6.72. The van der Waals surface area contributed by atoms with E-state index in [1.807, 2.05) is 26.0 Å². The standard InChI is InChI=1S/C20H20N4O2/c1-13-7-14(2)9-16(8-13)18-23-17(19(25)26-18)10-15-11-21-20(22-12-15)24-5-3-4-6-24/h7-12H,3-6H2,1-2H3. The second kappa shape index (κ2) is 6.71. The number of aliphatic imine (C=N–C) groups is 1. The monoisotopic (exact) mass is 348 g/mol. The molecule has 0 radical (unpaired) electrons. The van der Waals surface area contributed by atoms with Crippen molar-refractivity contribution in [2.24, 2.45) is 4.99 Å². The molecule has 26 heavy (non-hydrogen) atoms. The molecular weight excluding hydrogens is 328 g/mol. The van der Waals surface area contributed by atoms with Crippen LogP contribution in [0.1, 0.15) is 35.1 Å². The van der Waals surface area contributed by atoms with Gasteiger partial charge in [0.2, 0.25) is 11.8 Å². The van der Waals surface area contributed by atoms with Crippen molar-refractivity contribution in [2.45, 2.75) is 26.7 Å². The summed E-state index contributed by atoms with van der Waals surface area (Å²) in [4.78, 5) is 27.5. The normalized spacial score (nSPS) is 18.4. The van der Waals surface area contributed by atoms with E-state index >= 15 is 0 Å². The van der Waals surface area contributed by atoms with Crippen LogP contribution in [0.4, 0.5) is 5.95 Å². The molecule has 0 saturated carbocycles. The zero-order valence-electron chi connectivity index (χ0n) is 14.9. The number of ether oxygens (including phenoxy) is 1. The maximum absolute atomic E-state index is 12.2. The molecule has 1 aromatic carbocycles. The molecule has 0 amide bonds. The Balaban J connectivity index is 1.58. The van der Waals surface area contributed by atoms with Gasteiger partial charge in [0.15, 0.2) is 5.70 Å². The number of aromatic nitrogens is 2. The van der Waals surface area contributed by atoms with Crippen molar-refractivity contribution in [3.63, 3.8) is 0 Å². The average Bonchev–Trinajstić information content (AvgIpc) is 3.25. The van der Waals surface area contributed by atoms with Crippen LogP contribution in [0.5, 0.6) is 0 Å².